The minimum absolute atomic E-state index is 0.129. The minimum atomic E-state index is -0.471. The molecule has 4 nitrogen and oxygen atoms in total. The Labute approximate surface area is 67.1 Å². The lowest BCUT2D eigenvalue weighted by Gasteiger charge is -2.21. The van der Waals surface area contributed by atoms with Crippen molar-refractivity contribution in [2.45, 2.75) is 26.1 Å². The van der Waals surface area contributed by atoms with E-state index in [9.17, 15) is 0 Å². The molecule has 0 radical (unpaired) electrons. The maximum Gasteiger partial charge on any atom is 0.0958 e. The Balaban J connectivity index is 3.58. The largest absolute Gasteiger partial charge is 0.392 e. The van der Waals surface area contributed by atoms with E-state index < -0.39 is 12.2 Å². The van der Waals surface area contributed by atoms with Crippen molar-refractivity contribution in [3.63, 3.8) is 0 Å². The van der Waals surface area contributed by atoms with Crippen LogP contribution in [0.1, 0.15) is 13.8 Å². The Hall–Kier alpha value is -0.160. The van der Waals surface area contributed by atoms with E-state index in [0.29, 0.717) is 13.1 Å². The van der Waals surface area contributed by atoms with Gasteiger partial charge in [-0.05, 0) is 13.8 Å². The van der Waals surface area contributed by atoms with Crippen LogP contribution >= 0.6 is 0 Å². The first kappa shape index (κ1) is 10.8. The summed E-state index contributed by atoms with van der Waals surface area (Å²) in [5.74, 6) is 0. The van der Waals surface area contributed by atoms with Crippen molar-refractivity contribution in [1.29, 1.82) is 0 Å². The van der Waals surface area contributed by atoms with Gasteiger partial charge in [0.25, 0.3) is 0 Å². The molecule has 0 aliphatic heterocycles. The summed E-state index contributed by atoms with van der Waals surface area (Å²) in [6, 6.07) is 0. The molecule has 0 fully saturated rings. The molecule has 0 bridgehead atoms. The molecule has 68 valence electrons. The molecule has 0 spiro atoms. The highest BCUT2D eigenvalue weighted by atomic mass is 16.3. The summed E-state index contributed by atoms with van der Waals surface area (Å²) in [5.41, 5.74) is 0. The molecule has 2 unspecified atom stereocenters. The van der Waals surface area contributed by atoms with Gasteiger partial charge in [0.05, 0.1) is 18.9 Å². The Morgan fingerprint density at radius 1 is 1.09 bits per heavy atom. The molecule has 0 saturated heterocycles. The third kappa shape index (κ3) is 6.25. The fraction of sp³-hybridized carbons (Fsp3) is 1.00. The quantitative estimate of drug-likeness (QED) is 0.455. The van der Waals surface area contributed by atoms with E-state index in [0.717, 1.165) is 0 Å². The van der Waals surface area contributed by atoms with E-state index in [2.05, 4.69) is 0 Å². The monoisotopic (exact) mass is 163 g/mol. The van der Waals surface area contributed by atoms with Gasteiger partial charge in [-0.15, -0.1) is 0 Å². The highest BCUT2D eigenvalue weighted by Gasteiger charge is 2.08. The molecular weight excluding hydrogens is 146 g/mol. The second-order valence-corrected chi connectivity index (χ2v) is 2.88. The maximum absolute atomic E-state index is 8.93. The molecule has 0 amide bonds. The van der Waals surface area contributed by atoms with Crippen LogP contribution in [-0.4, -0.2) is 52.2 Å². The van der Waals surface area contributed by atoms with Crippen LogP contribution in [0.15, 0.2) is 0 Å². The van der Waals surface area contributed by atoms with Gasteiger partial charge in [-0.2, -0.15) is 0 Å². The molecule has 0 heterocycles. The number of aliphatic hydroxyl groups is 3. The second kappa shape index (κ2) is 5.49. The molecule has 0 aliphatic carbocycles. The van der Waals surface area contributed by atoms with Crippen molar-refractivity contribution in [3.05, 3.63) is 0 Å². The molecule has 0 aromatic rings. The Morgan fingerprint density at radius 2 is 1.45 bits per heavy atom. The molecule has 0 rings (SSSR count). The molecule has 2 atom stereocenters. The maximum atomic E-state index is 8.93. The molecule has 0 aromatic heterocycles. The van der Waals surface area contributed by atoms with Crippen LogP contribution in [0.25, 0.3) is 0 Å². The standard InChI is InChI=1S/C7H17NO3/c1-6(10)3-8(5-9)4-7(2)11/h6-7,9-11H,3-5H2,1-2H3. The molecule has 0 saturated carbocycles. The van der Waals surface area contributed by atoms with Crippen molar-refractivity contribution >= 4 is 0 Å². The molecule has 11 heavy (non-hydrogen) atoms. The van der Waals surface area contributed by atoms with E-state index in [1.807, 2.05) is 0 Å². The summed E-state index contributed by atoms with van der Waals surface area (Å²) >= 11 is 0. The van der Waals surface area contributed by atoms with E-state index in [1.54, 1.807) is 18.7 Å². The van der Waals surface area contributed by atoms with Gasteiger partial charge in [0.1, 0.15) is 0 Å². The van der Waals surface area contributed by atoms with Gasteiger partial charge in [0.2, 0.25) is 0 Å². The van der Waals surface area contributed by atoms with Crippen LogP contribution in [-0.2, 0) is 0 Å². The van der Waals surface area contributed by atoms with Crippen molar-refractivity contribution in [2.75, 3.05) is 19.8 Å². The number of hydrogen-bond donors (Lipinski definition) is 3. The topological polar surface area (TPSA) is 63.9 Å². The Kier molecular flexibility index (Phi) is 5.41. The molecule has 3 N–H and O–H groups in total. The summed E-state index contributed by atoms with van der Waals surface area (Å²) < 4.78 is 0. The van der Waals surface area contributed by atoms with E-state index in [-0.39, 0.29) is 6.73 Å². The van der Waals surface area contributed by atoms with Gasteiger partial charge < -0.3 is 15.3 Å². The fourth-order valence-electron chi connectivity index (χ4n) is 0.937. The minimum Gasteiger partial charge on any atom is -0.392 e. The van der Waals surface area contributed by atoms with Gasteiger partial charge in [0.15, 0.2) is 0 Å². The van der Waals surface area contributed by atoms with E-state index >= 15 is 0 Å². The average molecular weight is 163 g/mol. The normalized spacial score (nSPS) is 16.9. The van der Waals surface area contributed by atoms with Crippen LogP contribution in [0.5, 0.6) is 0 Å². The SMILES string of the molecule is CC(O)CN(CO)CC(C)O. The lowest BCUT2D eigenvalue weighted by atomic mass is 10.3. The Morgan fingerprint density at radius 3 is 1.64 bits per heavy atom. The zero-order valence-electron chi connectivity index (χ0n) is 7.06. The average Bonchev–Trinajstić information content (AvgIpc) is 1.84. The third-order valence-corrected chi connectivity index (χ3v) is 1.24. The van der Waals surface area contributed by atoms with Gasteiger partial charge in [0, 0.05) is 13.1 Å². The zero-order valence-corrected chi connectivity index (χ0v) is 7.06. The van der Waals surface area contributed by atoms with Crippen molar-refractivity contribution < 1.29 is 15.3 Å². The van der Waals surface area contributed by atoms with Gasteiger partial charge in [-0.25, -0.2) is 0 Å². The highest BCUT2D eigenvalue weighted by Crippen LogP contribution is 1.93. The first-order valence-electron chi connectivity index (χ1n) is 3.75. The van der Waals surface area contributed by atoms with Crippen LogP contribution in [0.4, 0.5) is 0 Å². The van der Waals surface area contributed by atoms with Crippen LogP contribution in [0.2, 0.25) is 0 Å². The molecule has 4 heteroatoms. The second-order valence-electron chi connectivity index (χ2n) is 2.88. The van der Waals surface area contributed by atoms with E-state index in [4.69, 9.17) is 15.3 Å². The lowest BCUT2D eigenvalue weighted by Crippen LogP contribution is -2.36. The van der Waals surface area contributed by atoms with Crippen LogP contribution in [0.3, 0.4) is 0 Å². The van der Waals surface area contributed by atoms with Crippen molar-refractivity contribution in [3.8, 4) is 0 Å². The van der Waals surface area contributed by atoms with E-state index in [1.165, 1.54) is 0 Å². The number of rotatable bonds is 5. The zero-order chi connectivity index (χ0) is 8.85. The predicted octanol–water partition coefficient (Wildman–Crippen LogP) is -1.00. The van der Waals surface area contributed by atoms with Gasteiger partial charge >= 0.3 is 0 Å². The van der Waals surface area contributed by atoms with Crippen LogP contribution < -0.4 is 0 Å². The Bertz CT molecular complexity index is 85.7. The fourth-order valence-corrected chi connectivity index (χ4v) is 0.937. The summed E-state index contributed by atoms with van der Waals surface area (Å²) in [6.07, 6.45) is -0.943. The number of hydrogen-bond acceptors (Lipinski definition) is 4. The number of nitrogens with zero attached hydrogens (tertiary/aromatic N) is 1. The predicted molar refractivity (Wildman–Crippen MR) is 42.0 cm³/mol. The first-order valence-corrected chi connectivity index (χ1v) is 3.75. The summed E-state index contributed by atoms with van der Waals surface area (Å²) in [4.78, 5) is 1.58. The summed E-state index contributed by atoms with van der Waals surface area (Å²) in [6.45, 7) is 3.94. The third-order valence-electron chi connectivity index (χ3n) is 1.24. The lowest BCUT2D eigenvalue weighted by molar-refractivity contribution is 0.0283. The summed E-state index contributed by atoms with van der Waals surface area (Å²) in [7, 11) is 0. The summed E-state index contributed by atoms with van der Waals surface area (Å²) in [5, 5.41) is 26.6. The van der Waals surface area contributed by atoms with Crippen molar-refractivity contribution in [2.24, 2.45) is 0 Å². The van der Waals surface area contributed by atoms with Gasteiger partial charge in [-0.1, -0.05) is 0 Å². The van der Waals surface area contributed by atoms with Crippen LogP contribution in [0, 0.1) is 0 Å². The van der Waals surface area contributed by atoms with Gasteiger partial charge in [-0.3, -0.25) is 4.90 Å². The highest BCUT2D eigenvalue weighted by molar-refractivity contribution is 4.60. The van der Waals surface area contributed by atoms with Crippen molar-refractivity contribution in [1.82, 2.24) is 4.90 Å². The number of aliphatic hydroxyl groups excluding tert-OH is 3. The molecule has 0 aromatic carbocycles. The first-order chi connectivity index (χ1) is 5.06. The smallest absolute Gasteiger partial charge is 0.0958 e. The molecule has 0 aliphatic rings. The molecular formula is C7H17NO3.